The molecule has 164 valence electrons. The van der Waals surface area contributed by atoms with E-state index in [1.165, 1.54) is 30.0 Å². The number of ether oxygens (including phenoxy) is 1. The minimum absolute atomic E-state index is 0.135. The van der Waals surface area contributed by atoms with E-state index in [4.69, 9.17) is 16.3 Å². The standard InChI is InChI=1S/C21H19ClN6O2S2/c1-14(29)28(18-5-3-4-16(22)10-18)20-23-17(12-31-20)13-32-21-24-25-26-27(21)11-15-6-8-19(30-2)9-7-15/h3-10,12H,11,13H2,1-2H3. The van der Waals surface area contributed by atoms with Gasteiger partial charge in [0.15, 0.2) is 5.13 Å². The van der Waals surface area contributed by atoms with E-state index in [-0.39, 0.29) is 5.91 Å². The van der Waals surface area contributed by atoms with Crippen molar-refractivity contribution in [2.75, 3.05) is 12.0 Å². The first-order valence-corrected chi connectivity index (χ1v) is 11.8. The first kappa shape index (κ1) is 22.3. The molecule has 4 rings (SSSR count). The van der Waals surface area contributed by atoms with Crippen molar-refractivity contribution in [3.05, 3.63) is 70.2 Å². The fourth-order valence-electron chi connectivity index (χ4n) is 2.95. The molecule has 0 N–H and O–H groups in total. The molecule has 0 fully saturated rings. The van der Waals surface area contributed by atoms with Crippen LogP contribution in [0.25, 0.3) is 0 Å². The number of carbonyl (C=O) groups is 1. The van der Waals surface area contributed by atoms with Crippen LogP contribution in [0.1, 0.15) is 18.2 Å². The summed E-state index contributed by atoms with van der Waals surface area (Å²) in [6.45, 7) is 2.05. The van der Waals surface area contributed by atoms with Crippen molar-refractivity contribution in [2.45, 2.75) is 24.4 Å². The maximum atomic E-state index is 12.3. The van der Waals surface area contributed by atoms with Gasteiger partial charge >= 0.3 is 0 Å². The molecule has 2 aromatic carbocycles. The van der Waals surface area contributed by atoms with Crippen molar-refractivity contribution in [3.8, 4) is 5.75 Å². The second kappa shape index (κ2) is 10.1. The predicted molar refractivity (Wildman–Crippen MR) is 126 cm³/mol. The van der Waals surface area contributed by atoms with Crippen LogP contribution in [0.5, 0.6) is 5.75 Å². The van der Waals surface area contributed by atoms with E-state index in [2.05, 4.69) is 20.5 Å². The van der Waals surface area contributed by atoms with E-state index in [1.807, 2.05) is 35.7 Å². The van der Waals surface area contributed by atoms with E-state index in [1.54, 1.807) is 34.9 Å². The van der Waals surface area contributed by atoms with Gasteiger partial charge in [-0.05, 0) is 46.3 Å². The molecule has 0 atom stereocenters. The summed E-state index contributed by atoms with van der Waals surface area (Å²) in [5.74, 6) is 1.24. The number of aromatic nitrogens is 5. The maximum absolute atomic E-state index is 12.3. The summed E-state index contributed by atoms with van der Waals surface area (Å²) in [5, 5.41) is 15.8. The Bertz CT molecular complexity index is 1210. The maximum Gasteiger partial charge on any atom is 0.230 e. The van der Waals surface area contributed by atoms with Gasteiger partial charge in [-0.2, -0.15) is 0 Å². The molecule has 0 aliphatic rings. The quantitative estimate of drug-likeness (QED) is 0.330. The van der Waals surface area contributed by atoms with Crippen LogP contribution in [-0.4, -0.2) is 38.2 Å². The molecule has 0 saturated carbocycles. The number of halogens is 1. The van der Waals surface area contributed by atoms with Gasteiger partial charge in [0, 0.05) is 23.1 Å². The van der Waals surface area contributed by atoms with Crippen molar-refractivity contribution >= 4 is 51.4 Å². The first-order chi connectivity index (χ1) is 15.5. The van der Waals surface area contributed by atoms with Gasteiger partial charge in [-0.15, -0.1) is 16.4 Å². The van der Waals surface area contributed by atoms with Crippen molar-refractivity contribution in [3.63, 3.8) is 0 Å². The number of nitrogens with zero attached hydrogens (tertiary/aromatic N) is 6. The molecular weight excluding hydrogens is 468 g/mol. The van der Waals surface area contributed by atoms with Gasteiger partial charge in [0.1, 0.15) is 5.75 Å². The fraction of sp³-hybridized carbons (Fsp3) is 0.190. The molecule has 32 heavy (non-hydrogen) atoms. The summed E-state index contributed by atoms with van der Waals surface area (Å²) >= 11 is 8.98. The number of methoxy groups -OCH3 is 1. The Kier molecular flexibility index (Phi) is 7.03. The summed E-state index contributed by atoms with van der Waals surface area (Å²) in [4.78, 5) is 18.5. The van der Waals surface area contributed by atoms with Crippen LogP contribution in [-0.2, 0) is 17.1 Å². The zero-order chi connectivity index (χ0) is 22.5. The zero-order valence-corrected chi connectivity index (χ0v) is 19.7. The summed E-state index contributed by atoms with van der Waals surface area (Å²) in [7, 11) is 1.64. The Balaban J connectivity index is 1.44. The van der Waals surface area contributed by atoms with Gasteiger partial charge in [0.05, 0.1) is 25.0 Å². The topological polar surface area (TPSA) is 86.0 Å². The van der Waals surface area contributed by atoms with Crippen LogP contribution < -0.4 is 9.64 Å². The number of amides is 1. The molecule has 8 nitrogen and oxygen atoms in total. The molecule has 2 heterocycles. The molecular formula is C21H19ClN6O2S2. The highest BCUT2D eigenvalue weighted by atomic mass is 35.5. The molecule has 0 saturated heterocycles. The molecule has 0 spiro atoms. The molecule has 2 aromatic heterocycles. The number of carbonyl (C=O) groups excluding carboxylic acids is 1. The molecule has 0 aliphatic heterocycles. The largest absolute Gasteiger partial charge is 0.497 e. The van der Waals surface area contributed by atoms with Crippen molar-refractivity contribution in [1.29, 1.82) is 0 Å². The lowest BCUT2D eigenvalue weighted by atomic mass is 10.2. The number of anilines is 2. The average molecular weight is 487 g/mol. The Morgan fingerprint density at radius 3 is 2.78 bits per heavy atom. The normalized spacial score (nSPS) is 10.8. The van der Waals surface area contributed by atoms with Crippen LogP contribution in [0.15, 0.2) is 59.1 Å². The molecule has 11 heteroatoms. The molecule has 0 radical (unpaired) electrons. The van der Waals surface area contributed by atoms with Crippen LogP contribution in [0.3, 0.4) is 0 Å². The lowest BCUT2D eigenvalue weighted by molar-refractivity contribution is -0.115. The Morgan fingerprint density at radius 1 is 1.25 bits per heavy atom. The van der Waals surface area contributed by atoms with Gasteiger partial charge in [-0.1, -0.05) is 41.6 Å². The SMILES string of the molecule is COc1ccc(Cn2nnnc2SCc2csc(N(C(C)=O)c3cccc(Cl)c3)n2)cc1. The van der Waals surface area contributed by atoms with E-state index in [0.29, 0.717) is 33.3 Å². The van der Waals surface area contributed by atoms with E-state index in [9.17, 15) is 4.79 Å². The third-order valence-corrected chi connectivity index (χ3v) is 6.55. The van der Waals surface area contributed by atoms with E-state index in [0.717, 1.165) is 17.0 Å². The van der Waals surface area contributed by atoms with Gasteiger partial charge in [0.2, 0.25) is 11.1 Å². The van der Waals surface area contributed by atoms with Crippen LogP contribution in [0.4, 0.5) is 10.8 Å². The zero-order valence-electron chi connectivity index (χ0n) is 17.3. The number of thiazole rings is 1. The summed E-state index contributed by atoms with van der Waals surface area (Å²) in [5.41, 5.74) is 2.58. The number of tetrazole rings is 1. The smallest absolute Gasteiger partial charge is 0.230 e. The second-order valence-corrected chi connectivity index (χ2v) is 8.93. The number of benzene rings is 2. The van der Waals surface area contributed by atoms with Crippen molar-refractivity contribution in [2.24, 2.45) is 0 Å². The summed E-state index contributed by atoms with van der Waals surface area (Å²) in [6.07, 6.45) is 0. The van der Waals surface area contributed by atoms with Crippen LogP contribution in [0.2, 0.25) is 5.02 Å². The highest BCUT2D eigenvalue weighted by Crippen LogP contribution is 2.32. The van der Waals surface area contributed by atoms with Crippen LogP contribution >= 0.6 is 34.7 Å². The molecule has 1 amide bonds. The Labute approximate surface area is 198 Å². The van der Waals surface area contributed by atoms with Crippen molar-refractivity contribution < 1.29 is 9.53 Å². The first-order valence-electron chi connectivity index (χ1n) is 9.56. The second-order valence-electron chi connectivity index (χ2n) is 6.71. The van der Waals surface area contributed by atoms with Gasteiger partial charge in [-0.25, -0.2) is 9.67 Å². The van der Waals surface area contributed by atoms with Gasteiger partial charge in [0.25, 0.3) is 0 Å². The monoisotopic (exact) mass is 486 g/mol. The minimum atomic E-state index is -0.135. The third kappa shape index (κ3) is 5.26. The summed E-state index contributed by atoms with van der Waals surface area (Å²) < 4.78 is 6.94. The van der Waals surface area contributed by atoms with Gasteiger partial charge in [-0.3, -0.25) is 9.69 Å². The molecule has 0 unspecified atom stereocenters. The predicted octanol–water partition coefficient (Wildman–Crippen LogP) is 4.82. The number of thioether (sulfide) groups is 1. The Morgan fingerprint density at radius 2 is 2.06 bits per heavy atom. The summed E-state index contributed by atoms with van der Waals surface area (Å²) in [6, 6.07) is 14.9. The fourth-order valence-corrected chi connectivity index (χ4v) is 4.89. The van der Waals surface area contributed by atoms with Crippen LogP contribution in [0, 0.1) is 0 Å². The highest BCUT2D eigenvalue weighted by molar-refractivity contribution is 7.98. The van der Waals surface area contributed by atoms with Crippen molar-refractivity contribution in [1.82, 2.24) is 25.2 Å². The third-order valence-electron chi connectivity index (χ3n) is 4.45. The van der Waals surface area contributed by atoms with E-state index < -0.39 is 0 Å². The molecule has 0 bridgehead atoms. The Hall–Kier alpha value is -2.95. The van der Waals surface area contributed by atoms with E-state index >= 15 is 0 Å². The highest BCUT2D eigenvalue weighted by Gasteiger charge is 2.19. The molecule has 0 aliphatic carbocycles. The number of hydrogen-bond donors (Lipinski definition) is 0. The number of rotatable bonds is 8. The lowest BCUT2D eigenvalue weighted by Crippen LogP contribution is -2.22. The average Bonchev–Trinajstić information content (AvgIpc) is 3.42. The van der Waals surface area contributed by atoms with Gasteiger partial charge < -0.3 is 4.74 Å². The molecule has 4 aromatic rings. The number of hydrogen-bond acceptors (Lipinski definition) is 8. The minimum Gasteiger partial charge on any atom is -0.497 e. The lowest BCUT2D eigenvalue weighted by Gasteiger charge is -2.18.